The number of rotatable bonds is 12. The lowest BCUT2D eigenvalue weighted by molar-refractivity contribution is -0.128. The van der Waals surface area contributed by atoms with Gasteiger partial charge in [-0.05, 0) is 36.6 Å². The molecule has 0 atom stereocenters. The van der Waals surface area contributed by atoms with Gasteiger partial charge < -0.3 is 4.74 Å². The zero-order valence-corrected chi connectivity index (χ0v) is 14.2. The van der Waals surface area contributed by atoms with Crippen molar-refractivity contribution >= 4 is 17.7 Å². The van der Waals surface area contributed by atoms with Crippen molar-refractivity contribution in [1.29, 1.82) is 0 Å². The maximum atomic E-state index is 10.8. The van der Waals surface area contributed by atoms with Crippen LogP contribution in [0.1, 0.15) is 44.6 Å². The molecule has 0 saturated carbocycles. The van der Waals surface area contributed by atoms with E-state index in [0.717, 1.165) is 30.1 Å². The van der Waals surface area contributed by atoms with Crippen LogP contribution < -0.4 is 10.2 Å². The van der Waals surface area contributed by atoms with Crippen LogP contribution in [0.4, 0.5) is 0 Å². The lowest BCUT2D eigenvalue weighted by Gasteiger charge is -2.11. The molecule has 2 N–H and O–H groups in total. The number of nitrogens with one attached hydrogen (secondary N) is 1. The number of amides is 1. The normalized spacial score (nSPS) is 10.5. The molecule has 1 amide bonds. The van der Waals surface area contributed by atoms with E-state index in [0.29, 0.717) is 13.0 Å². The molecule has 0 spiro atoms. The number of carbonyl (C=O) groups excluding carboxylic acids is 1. The first-order valence-corrected chi connectivity index (χ1v) is 9.14. The fraction of sp³-hybridized carbons (Fsp3) is 0.588. The van der Waals surface area contributed by atoms with Gasteiger partial charge in [0.1, 0.15) is 5.75 Å². The Hall–Kier alpha value is -1.20. The Kier molecular flexibility index (Phi) is 10.6. The zero-order chi connectivity index (χ0) is 16.0. The van der Waals surface area contributed by atoms with Crippen LogP contribution in [0.2, 0.25) is 0 Å². The van der Waals surface area contributed by atoms with Crippen molar-refractivity contribution in [2.24, 2.45) is 0 Å². The van der Waals surface area contributed by atoms with Crippen LogP contribution in [0, 0.1) is 0 Å². The van der Waals surface area contributed by atoms with E-state index >= 15 is 0 Å². The molecule has 0 fully saturated rings. The molecule has 0 aliphatic rings. The molecule has 0 aromatic heterocycles. The average molecular weight is 325 g/mol. The van der Waals surface area contributed by atoms with E-state index in [9.17, 15) is 4.79 Å². The Morgan fingerprint density at radius 2 is 2.05 bits per heavy atom. The lowest BCUT2D eigenvalue weighted by atomic mass is 10.1. The summed E-state index contributed by atoms with van der Waals surface area (Å²) in [6.45, 7) is 2.91. The highest BCUT2D eigenvalue weighted by molar-refractivity contribution is 7.99. The number of hydrogen-bond acceptors (Lipinski definition) is 4. The number of benzene rings is 1. The highest BCUT2D eigenvalue weighted by Gasteiger charge is 2.03. The van der Waals surface area contributed by atoms with Gasteiger partial charge in [-0.1, -0.05) is 38.0 Å². The quantitative estimate of drug-likeness (QED) is 0.348. The molecule has 0 saturated heterocycles. The first-order valence-electron chi connectivity index (χ1n) is 7.99. The van der Waals surface area contributed by atoms with Gasteiger partial charge in [0.05, 0.1) is 6.61 Å². The minimum absolute atomic E-state index is 0.329. The number of unbranched alkanes of at least 4 members (excludes halogenated alkanes) is 2. The van der Waals surface area contributed by atoms with E-state index in [-0.39, 0.29) is 5.91 Å². The van der Waals surface area contributed by atoms with Gasteiger partial charge in [-0.15, -0.1) is 0 Å². The van der Waals surface area contributed by atoms with E-state index in [2.05, 4.69) is 19.1 Å². The molecule has 0 heterocycles. The molecular formula is C17H27NO3S. The molecule has 5 heteroatoms. The summed E-state index contributed by atoms with van der Waals surface area (Å²) < 4.78 is 5.88. The number of hydroxylamine groups is 1. The van der Waals surface area contributed by atoms with Crippen LogP contribution in [0.3, 0.4) is 0 Å². The lowest BCUT2D eigenvalue weighted by Crippen LogP contribution is -2.18. The zero-order valence-electron chi connectivity index (χ0n) is 13.3. The SMILES string of the molecule is CCCCCc1ccccc1OCCCSCCC(=O)NO. The minimum Gasteiger partial charge on any atom is -0.493 e. The third-order valence-corrected chi connectivity index (χ3v) is 4.38. The van der Waals surface area contributed by atoms with Crippen molar-refractivity contribution in [1.82, 2.24) is 5.48 Å². The molecule has 124 valence electrons. The van der Waals surface area contributed by atoms with Crippen LogP contribution in [-0.2, 0) is 11.2 Å². The summed E-state index contributed by atoms with van der Waals surface area (Å²) in [6, 6.07) is 8.27. The van der Waals surface area contributed by atoms with Crippen molar-refractivity contribution in [3.63, 3.8) is 0 Å². The molecule has 4 nitrogen and oxygen atoms in total. The van der Waals surface area contributed by atoms with E-state index in [1.807, 2.05) is 12.1 Å². The first kappa shape index (κ1) is 18.8. The summed E-state index contributed by atoms with van der Waals surface area (Å²) in [6.07, 6.45) is 6.08. The second-order valence-corrected chi connectivity index (χ2v) is 6.39. The summed E-state index contributed by atoms with van der Waals surface area (Å²) in [5.41, 5.74) is 2.93. The van der Waals surface area contributed by atoms with Crippen LogP contribution in [0.15, 0.2) is 24.3 Å². The summed E-state index contributed by atoms with van der Waals surface area (Å²) in [5, 5.41) is 8.38. The van der Waals surface area contributed by atoms with Crippen molar-refractivity contribution < 1.29 is 14.7 Å². The first-order chi connectivity index (χ1) is 10.8. The molecule has 1 rings (SSSR count). The van der Waals surface area contributed by atoms with Crippen LogP contribution in [0.25, 0.3) is 0 Å². The molecule has 0 aliphatic heterocycles. The van der Waals surface area contributed by atoms with Gasteiger partial charge in [0.25, 0.3) is 0 Å². The highest BCUT2D eigenvalue weighted by atomic mass is 32.2. The van der Waals surface area contributed by atoms with Crippen LogP contribution in [-0.4, -0.2) is 29.2 Å². The predicted octanol–water partition coefficient (Wildman–Crippen LogP) is 3.82. The largest absolute Gasteiger partial charge is 0.493 e. The maximum Gasteiger partial charge on any atom is 0.244 e. The van der Waals surface area contributed by atoms with Crippen molar-refractivity contribution in [3.8, 4) is 5.75 Å². The summed E-state index contributed by atoms with van der Waals surface area (Å²) in [7, 11) is 0. The number of hydrogen-bond donors (Lipinski definition) is 2. The van der Waals surface area contributed by atoms with E-state index in [1.165, 1.54) is 24.8 Å². The van der Waals surface area contributed by atoms with Gasteiger partial charge in [0.15, 0.2) is 0 Å². The fourth-order valence-electron chi connectivity index (χ4n) is 2.08. The Balaban J connectivity index is 2.17. The Morgan fingerprint density at radius 3 is 2.82 bits per heavy atom. The monoisotopic (exact) mass is 325 g/mol. The third-order valence-electron chi connectivity index (χ3n) is 3.31. The minimum atomic E-state index is -0.329. The van der Waals surface area contributed by atoms with E-state index in [4.69, 9.17) is 9.94 Å². The molecule has 1 aromatic carbocycles. The number of thioether (sulfide) groups is 1. The summed E-state index contributed by atoms with van der Waals surface area (Å²) in [4.78, 5) is 10.8. The van der Waals surface area contributed by atoms with Gasteiger partial charge in [-0.25, -0.2) is 5.48 Å². The van der Waals surface area contributed by atoms with Gasteiger partial charge in [-0.3, -0.25) is 10.0 Å². The average Bonchev–Trinajstić information content (AvgIpc) is 2.55. The number of aryl methyl sites for hydroxylation is 1. The number of ether oxygens (including phenoxy) is 1. The summed E-state index contributed by atoms with van der Waals surface area (Å²) >= 11 is 1.70. The fourth-order valence-corrected chi connectivity index (χ4v) is 2.94. The van der Waals surface area contributed by atoms with E-state index < -0.39 is 0 Å². The van der Waals surface area contributed by atoms with Gasteiger partial charge in [0.2, 0.25) is 5.91 Å². The van der Waals surface area contributed by atoms with Crippen molar-refractivity contribution in [2.75, 3.05) is 18.1 Å². The summed E-state index contributed by atoms with van der Waals surface area (Å²) in [5.74, 6) is 2.35. The Morgan fingerprint density at radius 1 is 1.23 bits per heavy atom. The Bertz CT molecular complexity index is 426. The smallest absolute Gasteiger partial charge is 0.244 e. The number of para-hydroxylation sites is 1. The van der Waals surface area contributed by atoms with Gasteiger partial charge in [0, 0.05) is 12.2 Å². The van der Waals surface area contributed by atoms with E-state index in [1.54, 1.807) is 17.2 Å². The molecule has 0 bridgehead atoms. The molecule has 0 radical (unpaired) electrons. The Labute approximate surface area is 137 Å². The second-order valence-electron chi connectivity index (χ2n) is 5.16. The molecular weight excluding hydrogens is 298 g/mol. The van der Waals surface area contributed by atoms with Crippen LogP contribution >= 0.6 is 11.8 Å². The molecule has 1 aromatic rings. The van der Waals surface area contributed by atoms with Gasteiger partial charge in [-0.2, -0.15) is 11.8 Å². The third kappa shape index (κ3) is 8.29. The second kappa shape index (κ2) is 12.4. The maximum absolute atomic E-state index is 10.8. The van der Waals surface area contributed by atoms with Crippen molar-refractivity contribution in [3.05, 3.63) is 29.8 Å². The van der Waals surface area contributed by atoms with Crippen LogP contribution in [0.5, 0.6) is 5.75 Å². The molecule has 22 heavy (non-hydrogen) atoms. The number of carbonyl (C=O) groups is 1. The topological polar surface area (TPSA) is 58.6 Å². The van der Waals surface area contributed by atoms with Crippen molar-refractivity contribution in [2.45, 2.75) is 45.4 Å². The molecule has 0 unspecified atom stereocenters. The standard InChI is InChI=1S/C17H27NO3S/c1-2-3-4-8-15-9-5-6-10-16(15)21-12-7-13-22-14-11-17(19)18-20/h5-6,9-10,20H,2-4,7-8,11-14H2,1H3,(H,18,19). The predicted molar refractivity (Wildman–Crippen MR) is 91.7 cm³/mol. The highest BCUT2D eigenvalue weighted by Crippen LogP contribution is 2.20. The van der Waals surface area contributed by atoms with Gasteiger partial charge >= 0.3 is 0 Å². The molecule has 0 aliphatic carbocycles.